The third kappa shape index (κ3) is 4.25. The molecule has 0 N–H and O–H groups in total. The summed E-state index contributed by atoms with van der Waals surface area (Å²) in [5, 5.41) is 0. The summed E-state index contributed by atoms with van der Waals surface area (Å²) in [6, 6.07) is 6.12. The van der Waals surface area contributed by atoms with E-state index in [1.165, 1.54) is 12.1 Å². The van der Waals surface area contributed by atoms with Crippen molar-refractivity contribution in [2.75, 3.05) is 13.1 Å². The van der Waals surface area contributed by atoms with Gasteiger partial charge in [-0.05, 0) is 30.5 Å². The van der Waals surface area contributed by atoms with E-state index < -0.39 is 0 Å². The van der Waals surface area contributed by atoms with Crippen molar-refractivity contribution in [3.05, 3.63) is 72.0 Å². The predicted molar refractivity (Wildman–Crippen MR) is 112 cm³/mol. The van der Waals surface area contributed by atoms with Gasteiger partial charge in [0, 0.05) is 49.7 Å². The van der Waals surface area contributed by atoms with Gasteiger partial charge in [-0.1, -0.05) is 26.0 Å². The van der Waals surface area contributed by atoms with E-state index in [0.717, 1.165) is 42.3 Å². The van der Waals surface area contributed by atoms with Crippen LogP contribution >= 0.6 is 0 Å². The number of rotatable bonds is 5. The number of carbonyl (C=O) groups is 1. The maximum absolute atomic E-state index is 13.1. The second-order valence-electron chi connectivity index (χ2n) is 8.06. The number of carbonyl (C=O) groups excluding carboxylic acids is 1. The minimum atomic E-state index is -0.292. The smallest absolute Gasteiger partial charge is 0.227 e. The fourth-order valence-electron chi connectivity index (χ4n) is 4.05. The number of benzene rings is 1. The van der Waals surface area contributed by atoms with E-state index in [4.69, 9.17) is 0 Å². The number of imidazole rings is 1. The molecule has 1 saturated heterocycles. The van der Waals surface area contributed by atoms with Gasteiger partial charge in [0.15, 0.2) is 5.82 Å². The van der Waals surface area contributed by atoms with Crippen molar-refractivity contribution in [3.8, 4) is 5.82 Å². The molecule has 2 aromatic heterocycles. The summed E-state index contributed by atoms with van der Waals surface area (Å²) in [6.07, 6.45) is 9.26. The molecule has 0 radical (unpaired) electrons. The first-order chi connectivity index (χ1) is 14.5. The van der Waals surface area contributed by atoms with Crippen molar-refractivity contribution < 1.29 is 9.18 Å². The highest BCUT2D eigenvalue weighted by Crippen LogP contribution is 2.30. The van der Waals surface area contributed by atoms with Crippen LogP contribution in [0.4, 0.5) is 4.39 Å². The van der Waals surface area contributed by atoms with Gasteiger partial charge >= 0.3 is 0 Å². The second kappa shape index (κ2) is 8.73. The van der Waals surface area contributed by atoms with Gasteiger partial charge in [0.05, 0.1) is 12.1 Å². The minimum Gasteiger partial charge on any atom is -0.342 e. The highest BCUT2D eigenvalue weighted by molar-refractivity contribution is 5.79. The van der Waals surface area contributed by atoms with Crippen molar-refractivity contribution >= 4 is 5.91 Å². The highest BCUT2D eigenvalue weighted by atomic mass is 19.1. The van der Waals surface area contributed by atoms with Gasteiger partial charge in [0.25, 0.3) is 0 Å². The largest absolute Gasteiger partial charge is 0.342 e. The lowest BCUT2D eigenvalue weighted by molar-refractivity contribution is -0.131. The van der Waals surface area contributed by atoms with Crippen molar-refractivity contribution in [2.45, 2.75) is 44.9 Å². The number of likely N-dealkylation sites (tertiary alicyclic amines) is 1. The summed E-state index contributed by atoms with van der Waals surface area (Å²) >= 11 is 0. The number of halogens is 1. The number of hydrogen-bond donors (Lipinski definition) is 0. The molecule has 0 unspecified atom stereocenters. The summed E-state index contributed by atoms with van der Waals surface area (Å²) in [4.78, 5) is 28.5. The van der Waals surface area contributed by atoms with Crippen molar-refractivity contribution in [1.29, 1.82) is 0 Å². The van der Waals surface area contributed by atoms with Gasteiger partial charge in [-0.25, -0.2) is 14.4 Å². The molecule has 0 saturated carbocycles. The van der Waals surface area contributed by atoms with Gasteiger partial charge in [-0.15, -0.1) is 0 Å². The molecular weight excluding hydrogens is 381 g/mol. The molecule has 1 amide bonds. The average Bonchev–Trinajstić information content (AvgIpc) is 3.26. The van der Waals surface area contributed by atoms with E-state index in [2.05, 4.69) is 28.8 Å². The number of piperidine rings is 1. The molecule has 0 aliphatic carbocycles. The Labute approximate surface area is 175 Å². The van der Waals surface area contributed by atoms with E-state index >= 15 is 0 Å². The average molecular weight is 407 g/mol. The lowest BCUT2D eigenvalue weighted by Gasteiger charge is -2.33. The molecule has 1 atom stereocenters. The standard InChI is InChI=1S/C23H26FN5O/c1-16(2)22-27-11-13-29(22)23-21(25-9-10-26-23)18-4-3-12-28(15-18)20(30)14-17-5-7-19(24)8-6-17/h5-11,13,16,18H,3-4,12,14-15H2,1-2H3/t18-/m0/s1. The summed E-state index contributed by atoms with van der Waals surface area (Å²) in [5.41, 5.74) is 1.72. The van der Waals surface area contributed by atoms with Crippen molar-refractivity contribution in [1.82, 2.24) is 24.4 Å². The number of hydrogen-bond acceptors (Lipinski definition) is 4. The van der Waals surface area contributed by atoms with Crippen LogP contribution in [0, 0.1) is 5.82 Å². The highest BCUT2D eigenvalue weighted by Gasteiger charge is 2.28. The maximum Gasteiger partial charge on any atom is 0.227 e. The van der Waals surface area contributed by atoms with Crippen LogP contribution in [0.3, 0.4) is 0 Å². The van der Waals surface area contributed by atoms with Crippen LogP contribution in [0.1, 0.15) is 55.6 Å². The number of amides is 1. The Morgan fingerprint density at radius 1 is 1.13 bits per heavy atom. The zero-order valence-electron chi connectivity index (χ0n) is 17.3. The molecule has 3 heterocycles. The van der Waals surface area contributed by atoms with E-state index in [1.54, 1.807) is 30.7 Å². The van der Waals surface area contributed by atoms with Crippen LogP contribution in [-0.2, 0) is 11.2 Å². The summed E-state index contributed by atoms with van der Waals surface area (Å²) in [5.74, 6) is 1.87. The molecule has 0 bridgehead atoms. The van der Waals surface area contributed by atoms with Crippen LogP contribution < -0.4 is 0 Å². The fourth-order valence-corrected chi connectivity index (χ4v) is 4.05. The molecule has 1 aliphatic heterocycles. The first kappa shape index (κ1) is 20.2. The molecule has 156 valence electrons. The summed E-state index contributed by atoms with van der Waals surface area (Å²) < 4.78 is 15.1. The van der Waals surface area contributed by atoms with Crippen LogP contribution in [0.15, 0.2) is 49.1 Å². The van der Waals surface area contributed by atoms with Gasteiger partial charge in [0.1, 0.15) is 11.6 Å². The summed E-state index contributed by atoms with van der Waals surface area (Å²) in [7, 11) is 0. The van der Waals surface area contributed by atoms with Gasteiger partial charge in [-0.3, -0.25) is 14.3 Å². The van der Waals surface area contributed by atoms with Crippen molar-refractivity contribution in [2.24, 2.45) is 0 Å². The Kier molecular flexibility index (Phi) is 5.88. The Bertz CT molecular complexity index is 1010. The van der Waals surface area contributed by atoms with Gasteiger partial charge < -0.3 is 4.90 Å². The Morgan fingerprint density at radius 3 is 2.67 bits per heavy atom. The van der Waals surface area contributed by atoms with Crippen LogP contribution in [0.5, 0.6) is 0 Å². The van der Waals surface area contributed by atoms with E-state index in [0.29, 0.717) is 6.54 Å². The quantitative estimate of drug-likeness (QED) is 0.644. The molecular formula is C23H26FN5O. The normalized spacial score (nSPS) is 16.8. The fraction of sp³-hybridized carbons (Fsp3) is 0.391. The predicted octanol–water partition coefficient (Wildman–Crippen LogP) is 3.87. The van der Waals surface area contributed by atoms with E-state index in [1.807, 2.05) is 15.7 Å². The van der Waals surface area contributed by atoms with Gasteiger partial charge in [0.2, 0.25) is 5.91 Å². The number of aromatic nitrogens is 4. The first-order valence-corrected chi connectivity index (χ1v) is 10.4. The zero-order chi connectivity index (χ0) is 21.1. The van der Waals surface area contributed by atoms with Crippen LogP contribution in [0.25, 0.3) is 5.82 Å². The zero-order valence-corrected chi connectivity index (χ0v) is 17.3. The van der Waals surface area contributed by atoms with E-state index in [-0.39, 0.29) is 30.0 Å². The second-order valence-corrected chi connectivity index (χ2v) is 8.06. The third-order valence-corrected chi connectivity index (χ3v) is 5.55. The first-order valence-electron chi connectivity index (χ1n) is 10.4. The Balaban J connectivity index is 1.54. The Hall–Kier alpha value is -3.09. The molecule has 1 aliphatic rings. The van der Waals surface area contributed by atoms with E-state index in [9.17, 15) is 9.18 Å². The molecule has 4 rings (SSSR count). The summed E-state index contributed by atoms with van der Waals surface area (Å²) in [6.45, 7) is 5.54. The molecule has 3 aromatic rings. The monoisotopic (exact) mass is 407 g/mol. The Morgan fingerprint density at radius 2 is 1.90 bits per heavy atom. The lowest BCUT2D eigenvalue weighted by atomic mass is 9.93. The van der Waals surface area contributed by atoms with Gasteiger partial charge in [-0.2, -0.15) is 0 Å². The van der Waals surface area contributed by atoms with Crippen LogP contribution in [0.2, 0.25) is 0 Å². The molecule has 1 fully saturated rings. The minimum absolute atomic E-state index is 0.0576. The number of nitrogens with zero attached hydrogens (tertiary/aromatic N) is 5. The third-order valence-electron chi connectivity index (χ3n) is 5.55. The SMILES string of the molecule is CC(C)c1nccn1-c1nccnc1[C@H]1CCCN(C(=O)Cc2ccc(F)cc2)C1. The maximum atomic E-state index is 13.1. The molecule has 6 nitrogen and oxygen atoms in total. The van der Waals surface area contributed by atoms with Crippen molar-refractivity contribution in [3.63, 3.8) is 0 Å². The lowest BCUT2D eigenvalue weighted by Crippen LogP contribution is -2.40. The molecule has 0 spiro atoms. The topological polar surface area (TPSA) is 63.9 Å². The molecule has 1 aromatic carbocycles. The molecule has 30 heavy (non-hydrogen) atoms. The molecule has 7 heteroatoms. The van der Waals surface area contributed by atoms with Crippen LogP contribution in [-0.4, -0.2) is 43.4 Å².